The molecule has 3 aliphatic rings. The van der Waals surface area contributed by atoms with Crippen LogP contribution >= 0.6 is 0 Å². The van der Waals surface area contributed by atoms with Crippen molar-refractivity contribution in [2.45, 2.75) is 76.4 Å². The van der Waals surface area contributed by atoms with Crippen molar-refractivity contribution in [2.24, 2.45) is 17.8 Å². The molecule has 1 aromatic rings. The van der Waals surface area contributed by atoms with E-state index in [0.717, 1.165) is 56.9 Å². The van der Waals surface area contributed by atoms with Gasteiger partial charge >= 0.3 is 0 Å². The van der Waals surface area contributed by atoms with Crippen LogP contribution in [0.25, 0.3) is 0 Å². The average molecular weight is 396 g/mol. The largest absolute Gasteiger partial charge is 0.352 e. The Bertz CT molecular complexity index is 620. The number of ether oxygens (including phenoxy) is 2. The highest BCUT2D eigenvalue weighted by molar-refractivity contribution is 5.23. The smallest absolute Gasteiger partial charge is 0.194 e. The van der Waals surface area contributed by atoms with Crippen LogP contribution < -0.4 is 0 Å². The summed E-state index contributed by atoms with van der Waals surface area (Å²) in [6.45, 7) is 1.57. The summed E-state index contributed by atoms with van der Waals surface area (Å²) in [6, 6.07) is 2.29. The van der Waals surface area contributed by atoms with Crippen LogP contribution in [0.2, 0.25) is 0 Å². The van der Waals surface area contributed by atoms with Crippen molar-refractivity contribution in [1.82, 2.24) is 0 Å². The summed E-state index contributed by atoms with van der Waals surface area (Å²) >= 11 is 0. The van der Waals surface area contributed by atoms with E-state index in [2.05, 4.69) is 0 Å². The summed E-state index contributed by atoms with van der Waals surface area (Å²) in [5.74, 6) is -1.75. The molecule has 0 N–H and O–H groups in total. The maximum Gasteiger partial charge on any atom is 0.194 e. The Morgan fingerprint density at radius 3 is 1.93 bits per heavy atom. The fourth-order valence-electron chi connectivity index (χ4n) is 5.30. The first-order valence-corrected chi connectivity index (χ1v) is 11.0. The van der Waals surface area contributed by atoms with E-state index in [9.17, 15) is 13.2 Å². The second-order valence-electron chi connectivity index (χ2n) is 9.04. The average Bonchev–Trinajstić information content (AvgIpc) is 3.24. The van der Waals surface area contributed by atoms with Crippen molar-refractivity contribution in [3.8, 4) is 0 Å². The van der Waals surface area contributed by atoms with E-state index < -0.39 is 17.5 Å². The Hall–Kier alpha value is -1.07. The van der Waals surface area contributed by atoms with E-state index in [4.69, 9.17) is 9.47 Å². The molecule has 3 fully saturated rings. The maximum absolute atomic E-state index is 13.5. The summed E-state index contributed by atoms with van der Waals surface area (Å²) in [6.07, 6.45) is 11.4. The molecule has 156 valence electrons. The molecule has 0 spiro atoms. The fourth-order valence-corrected chi connectivity index (χ4v) is 5.30. The second-order valence-corrected chi connectivity index (χ2v) is 9.04. The number of rotatable bonds is 5. The van der Waals surface area contributed by atoms with E-state index in [0.29, 0.717) is 17.4 Å². The van der Waals surface area contributed by atoms with Crippen molar-refractivity contribution in [3.05, 3.63) is 35.1 Å². The zero-order valence-corrected chi connectivity index (χ0v) is 16.5. The van der Waals surface area contributed by atoms with E-state index >= 15 is 0 Å². The number of benzene rings is 1. The van der Waals surface area contributed by atoms with Crippen molar-refractivity contribution in [3.63, 3.8) is 0 Å². The summed E-state index contributed by atoms with van der Waals surface area (Å²) in [4.78, 5) is 0. The molecule has 0 aromatic heterocycles. The maximum atomic E-state index is 13.5. The Morgan fingerprint density at radius 2 is 1.32 bits per heavy atom. The van der Waals surface area contributed by atoms with Crippen LogP contribution in [0.5, 0.6) is 0 Å². The van der Waals surface area contributed by atoms with Crippen LogP contribution in [0.4, 0.5) is 13.2 Å². The van der Waals surface area contributed by atoms with Crippen molar-refractivity contribution in [1.29, 1.82) is 0 Å². The predicted octanol–water partition coefficient (Wildman–Crippen LogP) is 6.34. The highest BCUT2D eigenvalue weighted by Gasteiger charge is 2.33. The Kier molecular flexibility index (Phi) is 6.62. The van der Waals surface area contributed by atoms with Gasteiger partial charge < -0.3 is 9.47 Å². The van der Waals surface area contributed by atoms with Crippen molar-refractivity contribution < 1.29 is 22.6 Å². The molecule has 1 aromatic carbocycles. The SMILES string of the molecule is Fc1cc(C2CCC([C@H]3OC[C@H](CCC4CCCC4)CO3)CC2)cc(F)c1F. The van der Waals surface area contributed by atoms with Gasteiger partial charge in [0, 0.05) is 11.8 Å². The first-order chi connectivity index (χ1) is 13.6. The molecule has 2 aliphatic carbocycles. The van der Waals surface area contributed by atoms with Gasteiger partial charge in [0.05, 0.1) is 13.2 Å². The Labute approximate surface area is 165 Å². The summed E-state index contributed by atoms with van der Waals surface area (Å²) in [7, 11) is 0. The lowest BCUT2D eigenvalue weighted by Crippen LogP contribution is -2.38. The summed E-state index contributed by atoms with van der Waals surface area (Å²) in [5.41, 5.74) is 0.562. The van der Waals surface area contributed by atoms with Crippen LogP contribution in [-0.2, 0) is 9.47 Å². The highest BCUT2D eigenvalue weighted by Crippen LogP contribution is 2.40. The van der Waals surface area contributed by atoms with Gasteiger partial charge in [-0.05, 0) is 61.6 Å². The molecule has 0 bridgehead atoms. The minimum absolute atomic E-state index is 0.0728. The van der Waals surface area contributed by atoms with Gasteiger partial charge in [-0.2, -0.15) is 0 Å². The van der Waals surface area contributed by atoms with Gasteiger partial charge in [0.15, 0.2) is 23.7 Å². The number of hydrogen-bond donors (Lipinski definition) is 0. The van der Waals surface area contributed by atoms with Crippen LogP contribution in [0.15, 0.2) is 12.1 Å². The van der Waals surface area contributed by atoms with Gasteiger partial charge in [0.2, 0.25) is 0 Å². The quantitative estimate of drug-likeness (QED) is 0.541. The normalized spacial score (nSPS) is 32.0. The lowest BCUT2D eigenvalue weighted by Gasteiger charge is -2.38. The second kappa shape index (κ2) is 9.17. The first kappa shape index (κ1) is 20.2. The van der Waals surface area contributed by atoms with E-state index in [1.54, 1.807) is 0 Å². The zero-order chi connectivity index (χ0) is 19.5. The summed E-state index contributed by atoms with van der Waals surface area (Å²) in [5, 5.41) is 0. The molecule has 1 heterocycles. The molecule has 4 rings (SSSR count). The van der Waals surface area contributed by atoms with Crippen molar-refractivity contribution in [2.75, 3.05) is 13.2 Å². The van der Waals surface area contributed by atoms with Gasteiger partial charge in [-0.1, -0.05) is 32.1 Å². The minimum Gasteiger partial charge on any atom is -0.352 e. The lowest BCUT2D eigenvalue weighted by molar-refractivity contribution is -0.229. The lowest BCUT2D eigenvalue weighted by atomic mass is 9.78. The topological polar surface area (TPSA) is 18.5 Å². The van der Waals surface area contributed by atoms with E-state index in [1.807, 2.05) is 0 Å². The number of hydrogen-bond acceptors (Lipinski definition) is 2. The van der Waals surface area contributed by atoms with Crippen LogP contribution in [0, 0.1) is 35.2 Å². The minimum atomic E-state index is -1.39. The predicted molar refractivity (Wildman–Crippen MR) is 101 cm³/mol. The third kappa shape index (κ3) is 4.73. The monoisotopic (exact) mass is 396 g/mol. The molecule has 5 heteroatoms. The van der Waals surface area contributed by atoms with Gasteiger partial charge in [-0.25, -0.2) is 13.2 Å². The van der Waals surface area contributed by atoms with Crippen LogP contribution in [0.1, 0.15) is 75.7 Å². The third-order valence-corrected chi connectivity index (χ3v) is 7.08. The number of halogens is 3. The Balaban J connectivity index is 1.21. The standard InChI is InChI=1S/C23H31F3O2/c24-20-11-19(12-21(25)22(20)26)17-7-9-18(10-8-17)23-27-13-16(14-28-23)6-5-15-3-1-2-4-15/h11-12,15-18,23H,1-10,13-14H2/t16-,17?,18?,23-. The molecule has 2 nitrogen and oxygen atoms in total. The van der Waals surface area contributed by atoms with E-state index in [1.165, 1.54) is 38.5 Å². The molecular formula is C23H31F3O2. The van der Waals surface area contributed by atoms with Crippen molar-refractivity contribution >= 4 is 0 Å². The molecule has 1 aliphatic heterocycles. The first-order valence-electron chi connectivity index (χ1n) is 11.0. The third-order valence-electron chi connectivity index (χ3n) is 7.08. The molecule has 28 heavy (non-hydrogen) atoms. The molecule has 0 atom stereocenters. The Morgan fingerprint density at radius 1 is 0.750 bits per heavy atom. The van der Waals surface area contributed by atoms with Gasteiger partial charge in [-0.3, -0.25) is 0 Å². The van der Waals surface area contributed by atoms with Gasteiger partial charge in [0.25, 0.3) is 0 Å². The molecule has 1 saturated heterocycles. The summed E-state index contributed by atoms with van der Waals surface area (Å²) < 4.78 is 52.3. The molecule has 2 saturated carbocycles. The van der Waals surface area contributed by atoms with Crippen LogP contribution in [-0.4, -0.2) is 19.5 Å². The fraction of sp³-hybridized carbons (Fsp3) is 0.739. The molecule has 0 radical (unpaired) electrons. The van der Waals surface area contributed by atoms with E-state index in [-0.39, 0.29) is 12.2 Å². The zero-order valence-electron chi connectivity index (χ0n) is 16.5. The van der Waals surface area contributed by atoms with Crippen LogP contribution in [0.3, 0.4) is 0 Å². The van der Waals surface area contributed by atoms with Gasteiger partial charge in [-0.15, -0.1) is 0 Å². The molecule has 0 unspecified atom stereocenters. The highest BCUT2D eigenvalue weighted by atomic mass is 19.2. The molecule has 0 amide bonds. The van der Waals surface area contributed by atoms with Gasteiger partial charge in [0.1, 0.15) is 0 Å². The molecular weight excluding hydrogens is 365 g/mol.